The average Bonchev–Trinajstić information content (AvgIpc) is 2.63. The Morgan fingerprint density at radius 1 is 1.20 bits per heavy atom. The standard InChI is InChI=1S/C19H22N2O4/c1-3-25-16-10-6-8-14(17(16)22)18-20-15-9-5-4-7-13(15)19(23)21(18)11-12-24-2/h4-10,18,20,22H,3,11-12H2,1-2H3/t18-/m1/s1. The molecular formula is C19H22N2O4. The van der Waals surface area contributed by atoms with E-state index in [4.69, 9.17) is 9.47 Å². The molecule has 1 heterocycles. The molecule has 0 aliphatic carbocycles. The van der Waals surface area contributed by atoms with Crippen LogP contribution in [0.4, 0.5) is 5.69 Å². The summed E-state index contributed by atoms with van der Waals surface area (Å²) in [6, 6.07) is 12.7. The lowest BCUT2D eigenvalue weighted by Crippen LogP contribution is -2.44. The Balaban J connectivity index is 2.03. The highest BCUT2D eigenvalue weighted by Crippen LogP contribution is 2.40. The largest absolute Gasteiger partial charge is 0.504 e. The number of hydrogen-bond donors (Lipinski definition) is 2. The number of benzene rings is 2. The van der Waals surface area contributed by atoms with Crippen molar-refractivity contribution in [2.45, 2.75) is 13.1 Å². The summed E-state index contributed by atoms with van der Waals surface area (Å²) in [5.41, 5.74) is 1.94. The van der Waals surface area contributed by atoms with Crippen molar-refractivity contribution in [3.05, 3.63) is 53.6 Å². The van der Waals surface area contributed by atoms with Gasteiger partial charge in [-0.05, 0) is 25.1 Å². The van der Waals surface area contributed by atoms with E-state index in [2.05, 4.69) is 5.32 Å². The number of nitrogens with one attached hydrogen (secondary N) is 1. The van der Waals surface area contributed by atoms with Crippen LogP contribution in [-0.2, 0) is 4.74 Å². The van der Waals surface area contributed by atoms with Crippen LogP contribution in [0.25, 0.3) is 0 Å². The lowest BCUT2D eigenvalue weighted by Gasteiger charge is -2.38. The maximum atomic E-state index is 12.9. The molecule has 6 heteroatoms. The molecule has 132 valence electrons. The molecule has 0 unspecified atom stereocenters. The molecule has 0 saturated heterocycles. The van der Waals surface area contributed by atoms with Gasteiger partial charge in [0.15, 0.2) is 11.5 Å². The molecule has 0 saturated carbocycles. The fourth-order valence-corrected chi connectivity index (χ4v) is 2.99. The summed E-state index contributed by atoms with van der Waals surface area (Å²) in [6.07, 6.45) is -0.502. The number of carbonyl (C=O) groups is 1. The van der Waals surface area contributed by atoms with E-state index in [0.717, 1.165) is 5.69 Å². The number of methoxy groups -OCH3 is 1. The van der Waals surface area contributed by atoms with Gasteiger partial charge in [-0.1, -0.05) is 24.3 Å². The van der Waals surface area contributed by atoms with E-state index in [1.54, 1.807) is 36.3 Å². The normalized spacial score (nSPS) is 16.3. The van der Waals surface area contributed by atoms with Gasteiger partial charge in [0.2, 0.25) is 0 Å². The number of phenols is 1. The number of aromatic hydroxyl groups is 1. The van der Waals surface area contributed by atoms with Gasteiger partial charge in [-0.2, -0.15) is 0 Å². The third-order valence-electron chi connectivity index (χ3n) is 4.18. The van der Waals surface area contributed by atoms with Gasteiger partial charge in [0, 0.05) is 24.9 Å². The Labute approximate surface area is 147 Å². The van der Waals surface area contributed by atoms with E-state index in [1.807, 2.05) is 25.1 Å². The lowest BCUT2D eigenvalue weighted by atomic mass is 10.0. The summed E-state index contributed by atoms with van der Waals surface area (Å²) in [5, 5.41) is 14.0. The van der Waals surface area contributed by atoms with E-state index in [0.29, 0.717) is 36.6 Å². The van der Waals surface area contributed by atoms with Crippen LogP contribution in [0.5, 0.6) is 11.5 Å². The molecule has 25 heavy (non-hydrogen) atoms. The number of carbonyl (C=O) groups excluding carboxylic acids is 1. The van der Waals surface area contributed by atoms with Crippen molar-refractivity contribution >= 4 is 11.6 Å². The predicted octanol–water partition coefficient (Wildman–Crippen LogP) is 3.00. The van der Waals surface area contributed by atoms with E-state index < -0.39 is 6.17 Å². The topological polar surface area (TPSA) is 71.0 Å². The van der Waals surface area contributed by atoms with Crippen molar-refractivity contribution in [2.24, 2.45) is 0 Å². The first-order valence-corrected chi connectivity index (χ1v) is 8.27. The van der Waals surface area contributed by atoms with Gasteiger partial charge in [-0.25, -0.2) is 0 Å². The summed E-state index contributed by atoms with van der Waals surface area (Å²) in [6.45, 7) is 3.11. The molecule has 1 aliphatic heterocycles. The van der Waals surface area contributed by atoms with Gasteiger partial charge in [0.05, 0.1) is 18.8 Å². The first-order chi connectivity index (χ1) is 12.2. The van der Waals surface area contributed by atoms with Crippen LogP contribution in [-0.4, -0.2) is 42.8 Å². The summed E-state index contributed by atoms with van der Waals surface area (Å²) in [4.78, 5) is 14.6. The van der Waals surface area contributed by atoms with E-state index in [1.165, 1.54) is 0 Å². The molecule has 0 radical (unpaired) electrons. The summed E-state index contributed by atoms with van der Waals surface area (Å²) in [7, 11) is 1.60. The van der Waals surface area contributed by atoms with Crippen molar-refractivity contribution in [3.8, 4) is 11.5 Å². The molecule has 0 bridgehead atoms. The van der Waals surface area contributed by atoms with Crippen molar-refractivity contribution < 1.29 is 19.4 Å². The van der Waals surface area contributed by atoms with Gasteiger partial charge in [-0.15, -0.1) is 0 Å². The SMILES string of the molecule is CCOc1cccc([C@@H]2Nc3ccccc3C(=O)N2CCOC)c1O. The lowest BCUT2D eigenvalue weighted by molar-refractivity contribution is 0.0607. The van der Waals surface area contributed by atoms with Crippen molar-refractivity contribution in [1.29, 1.82) is 0 Å². The van der Waals surface area contributed by atoms with Gasteiger partial charge in [0.1, 0.15) is 6.17 Å². The third kappa shape index (κ3) is 3.25. The van der Waals surface area contributed by atoms with Crippen LogP contribution in [0, 0.1) is 0 Å². The van der Waals surface area contributed by atoms with Crippen LogP contribution in [0.2, 0.25) is 0 Å². The molecule has 0 fully saturated rings. The van der Waals surface area contributed by atoms with Crippen LogP contribution >= 0.6 is 0 Å². The zero-order valence-electron chi connectivity index (χ0n) is 14.4. The number of phenolic OH excluding ortho intramolecular Hbond substituents is 1. The van der Waals surface area contributed by atoms with E-state index in [9.17, 15) is 9.90 Å². The molecule has 2 aromatic carbocycles. The zero-order valence-corrected chi connectivity index (χ0v) is 14.4. The highest BCUT2D eigenvalue weighted by Gasteiger charge is 2.34. The summed E-state index contributed by atoms with van der Waals surface area (Å²) < 4.78 is 10.6. The minimum absolute atomic E-state index is 0.0384. The van der Waals surface area contributed by atoms with Crippen LogP contribution < -0.4 is 10.1 Å². The quantitative estimate of drug-likeness (QED) is 0.844. The predicted molar refractivity (Wildman–Crippen MR) is 95.0 cm³/mol. The fraction of sp³-hybridized carbons (Fsp3) is 0.316. The second-order valence-electron chi connectivity index (χ2n) is 5.71. The molecule has 0 aromatic heterocycles. The van der Waals surface area contributed by atoms with Crippen LogP contribution in [0.3, 0.4) is 0 Å². The molecule has 1 aliphatic rings. The molecule has 1 atom stereocenters. The van der Waals surface area contributed by atoms with E-state index in [-0.39, 0.29) is 11.7 Å². The van der Waals surface area contributed by atoms with Crippen molar-refractivity contribution in [3.63, 3.8) is 0 Å². The molecule has 6 nitrogen and oxygen atoms in total. The minimum atomic E-state index is -0.502. The Morgan fingerprint density at radius 3 is 2.76 bits per heavy atom. The monoisotopic (exact) mass is 342 g/mol. The Hall–Kier alpha value is -2.73. The molecule has 2 aromatic rings. The number of amides is 1. The number of nitrogens with zero attached hydrogens (tertiary/aromatic N) is 1. The number of fused-ring (bicyclic) bond motifs is 1. The number of anilines is 1. The second kappa shape index (κ2) is 7.44. The third-order valence-corrected chi connectivity index (χ3v) is 4.18. The fourth-order valence-electron chi connectivity index (χ4n) is 2.99. The number of rotatable bonds is 6. The van der Waals surface area contributed by atoms with Crippen molar-refractivity contribution in [1.82, 2.24) is 4.90 Å². The van der Waals surface area contributed by atoms with Gasteiger partial charge in [-0.3, -0.25) is 4.79 Å². The number of hydrogen-bond acceptors (Lipinski definition) is 5. The number of para-hydroxylation sites is 2. The molecule has 1 amide bonds. The molecular weight excluding hydrogens is 320 g/mol. The Bertz CT molecular complexity index is 763. The maximum Gasteiger partial charge on any atom is 0.257 e. The van der Waals surface area contributed by atoms with Crippen molar-refractivity contribution in [2.75, 3.05) is 32.2 Å². The van der Waals surface area contributed by atoms with Crippen LogP contribution in [0.15, 0.2) is 42.5 Å². The summed E-state index contributed by atoms with van der Waals surface area (Å²) >= 11 is 0. The molecule has 0 spiro atoms. The molecule has 3 rings (SSSR count). The minimum Gasteiger partial charge on any atom is -0.504 e. The first kappa shape index (κ1) is 17.1. The Morgan fingerprint density at radius 2 is 2.00 bits per heavy atom. The van der Waals surface area contributed by atoms with Crippen LogP contribution in [0.1, 0.15) is 29.0 Å². The number of ether oxygens (including phenoxy) is 2. The van der Waals surface area contributed by atoms with E-state index >= 15 is 0 Å². The second-order valence-corrected chi connectivity index (χ2v) is 5.71. The Kier molecular flexibility index (Phi) is 5.09. The van der Waals surface area contributed by atoms with Gasteiger partial charge < -0.3 is 24.8 Å². The summed E-state index contributed by atoms with van der Waals surface area (Å²) in [5.74, 6) is 0.342. The average molecular weight is 342 g/mol. The first-order valence-electron chi connectivity index (χ1n) is 8.27. The zero-order chi connectivity index (χ0) is 17.8. The van der Waals surface area contributed by atoms with Gasteiger partial charge >= 0.3 is 0 Å². The molecule has 2 N–H and O–H groups in total. The maximum absolute atomic E-state index is 12.9. The van der Waals surface area contributed by atoms with Gasteiger partial charge in [0.25, 0.3) is 5.91 Å². The smallest absolute Gasteiger partial charge is 0.257 e. The highest BCUT2D eigenvalue weighted by molar-refractivity contribution is 6.01. The highest BCUT2D eigenvalue weighted by atomic mass is 16.5.